The van der Waals surface area contributed by atoms with Gasteiger partial charge in [-0.2, -0.15) is 0 Å². The SMILES string of the molecule is COc1cc(C(N)C2=CCCO2)cc(OC)c1OC. The molecule has 2 N–H and O–H groups in total. The Labute approximate surface area is 112 Å². The van der Waals surface area contributed by atoms with Crippen LogP contribution in [0.3, 0.4) is 0 Å². The molecular formula is C14H19NO4. The molecule has 1 atom stereocenters. The van der Waals surface area contributed by atoms with Crippen molar-refractivity contribution >= 4 is 0 Å². The molecule has 0 saturated heterocycles. The lowest BCUT2D eigenvalue weighted by molar-refractivity contribution is 0.225. The van der Waals surface area contributed by atoms with Gasteiger partial charge in [0, 0.05) is 6.42 Å². The van der Waals surface area contributed by atoms with E-state index in [2.05, 4.69) is 0 Å². The van der Waals surface area contributed by atoms with E-state index in [-0.39, 0.29) is 6.04 Å². The van der Waals surface area contributed by atoms with Crippen molar-refractivity contribution in [3.8, 4) is 17.2 Å². The molecule has 5 heteroatoms. The molecule has 0 saturated carbocycles. The summed E-state index contributed by atoms with van der Waals surface area (Å²) >= 11 is 0. The average Bonchev–Trinajstić information content (AvgIpc) is 2.98. The molecule has 0 fully saturated rings. The topological polar surface area (TPSA) is 62.9 Å². The summed E-state index contributed by atoms with van der Waals surface area (Å²) in [4.78, 5) is 0. The Hall–Kier alpha value is -1.88. The van der Waals surface area contributed by atoms with Crippen LogP contribution >= 0.6 is 0 Å². The maximum Gasteiger partial charge on any atom is 0.203 e. The molecule has 2 rings (SSSR count). The van der Waals surface area contributed by atoms with E-state index in [0.717, 1.165) is 17.7 Å². The fraction of sp³-hybridized carbons (Fsp3) is 0.429. The first-order chi connectivity index (χ1) is 9.21. The van der Waals surface area contributed by atoms with E-state index in [1.54, 1.807) is 21.3 Å². The van der Waals surface area contributed by atoms with E-state index in [0.29, 0.717) is 23.9 Å². The molecule has 0 radical (unpaired) electrons. The zero-order valence-electron chi connectivity index (χ0n) is 11.4. The second kappa shape index (κ2) is 5.84. The number of hydrogen-bond acceptors (Lipinski definition) is 5. The molecule has 1 aliphatic rings. The van der Waals surface area contributed by atoms with E-state index in [4.69, 9.17) is 24.7 Å². The quantitative estimate of drug-likeness (QED) is 0.882. The van der Waals surface area contributed by atoms with Crippen molar-refractivity contribution in [1.29, 1.82) is 0 Å². The highest BCUT2D eigenvalue weighted by molar-refractivity contribution is 5.55. The maximum absolute atomic E-state index is 6.19. The standard InChI is InChI=1S/C14H19NO4/c1-16-11-7-9(8-12(17-2)14(11)18-3)13(15)10-5-4-6-19-10/h5,7-8,13H,4,6,15H2,1-3H3. The van der Waals surface area contributed by atoms with E-state index in [1.807, 2.05) is 18.2 Å². The van der Waals surface area contributed by atoms with E-state index >= 15 is 0 Å². The zero-order chi connectivity index (χ0) is 13.8. The van der Waals surface area contributed by atoms with Crippen molar-refractivity contribution in [2.45, 2.75) is 12.5 Å². The van der Waals surface area contributed by atoms with Gasteiger partial charge in [0.2, 0.25) is 5.75 Å². The van der Waals surface area contributed by atoms with Gasteiger partial charge in [-0.1, -0.05) is 0 Å². The van der Waals surface area contributed by atoms with Gasteiger partial charge in [0.15, 0.2) is 11.5 Å². The van der Waals surface area contributed by atoms with Gasteiger partial charge in [-0.25, -0.2) is 0 Å². The van der Waals surface area contributed by atoms with Gasteiger partial charge in [-0.05, 0) is 23.8 Å². The van der Waals surface area contributed by atoms with Gasteiger partial charge in [-0.3, -0.25) is 0 Å². The van der Waals surface area contributed by atoms with Crippen molar-refractivity contribution in [3.63, 3.8) is 0 Å². The minimum absolute atomic E-state index is 0.323. The highest BCUT2D eigenvalue weighted by Crippen LogP contribution is 2.40. The second-order valence-electron chi connectivity index (χ2n) is 4.18. The van der Waals surface area contributed by atoms with Crippen molar-refractivity contribution in [2.75, 3.05) is 27.9 Å². The molecule has 0 aliphatic carbocycles. The molecular weight excluding hydrogens is 246 g/mol. The first-order valence-electron chi connectivity index (χ1n) is 6.09. The van der Waals surface area contributed by atoms with Gasteiger partial charge in [0.25, 0.3) is 0 Å². The molecule has 1 heterocycles. The van der Waals surface area contributed by atoms with Crippen molar-refractivity contribution in [1.82, 2.24) is 0 Å². The Balaban J connectivity index is 2.40. The number of methoxy groups -OCH3 is 3. The molecule has 0 bridgehead atoms. The van der Waals surface area contributed by atoms with E-state index in [9.17, 15) is 0 Å². The summed E-state index contributed by atoms with van der Waals surface area (Å²) in [5.74, 6) is 2.52. The highest BCUT2D eigenvalue weighted by Gasteiger charge is 2.21. The third kappa shape index (κ3) is 2.61. The highest BCUT2D eigenvalue weighted by atomic mass is 16.5. The van der Waals surface area contributed by atoms with Gasteiger partial charge in [0.1, 0.15) is 5.76 Å². The van der Waals surface area contributed by atoms with Crippen LogP contribution in [-0.2, 0) is 4.74 Å². The molecule has 5 nitrogen and oxygen atoms in total. The predicted octanol–water partition coefficient (Wildman–Crippen LogP) is 2.02. The van der Waals surface area contributed by atoms with Gasteiger partial charge in [-0.15, -0.1) is 0 Å². The smallest absolute Gasteiger partial charge is 0.203 e. The van der Waals surface area contributed by atoms with E-state index in [1.165, 1.54) is 0 Å². The van der Waals surface area contributed by atoms with Crippen LogP contribution in [0.5, 0.6) is 17.2 Å². The lowest BCUT2D eigenvalue weighted by Crippen LogP contribution is -2.14. The fourth-order valence-corrected chi connectivity index (χ4v) is 2.10. The third-order valence-corrected chi connectivity index (χ3v) is 3.08. The number of ether oxygens (including phenoxy) is 4. The van der Waals surface area contributed by atoms with Crippen molar-refractivity contribution < 1.29 is 18.9 Å². The Bertz CT molecular complexity index is 459. The number of nitrogens with two attached hydrogens (primary N) is 1. The Morgan fingerprint density at radius 1 is 1.11 bits per heavy atom. The van der Waals surface area contributed by atoms with Gasteiger partial charge < -0.3 is 24.7 Å². The third-order valence-electron chi connectivity index (χ3n) is 3.08. The van der Waals surface area contributed by atoms with Crippen LogP contribution in [0.1, 0.15) is 18.0 Å². The number of hydrogen-bond donors (Lipinski definition) is 1. The molecule has 0 amide bonds. The van der Waals surface area contributed by atoms with E-state index < -0.39 is 0 Å². The van der Waals surface area contributed by atoms with Crippen LogP contribution in [0.4, 0.5) is 0 Å². The Morgan fingerprint density at radius 2 is 1.74 bits per heavy atom. The molecule has 0 spiro atoms. The van der Waals surface area contributed by atoms with Crippen LogP contribution in [0.15, 0.2) is 24.0 Å². The maximum atomic E-state index is 6.19. The van der Waals surface area contributed by atoms with Crippen LogP contribution in [0.2, 0.25) is 0 Å². The Morgan fingerprint density at radius 3 is 2.16 bits per heavy atom. The fourth-order valence-electron chi connectivity index (χ4n) is 2.10. The van der Waals surface area contributed by atoms with Crippen LogP contribution in [0.25, 0.3) is 0 Å². The second-order valence-corrected chi connectivity index (χ2v) is 4.18. The average molecular weight is 265 g/mol. The monoisotopic (exact) mass is 265 g/mol. The molecule has 19 heavy (non-hydrogen) atoms. The minimum atomic E-state index is -0.323. The van der Waals surface area contributed by atoms with Crippen LogP contribution in [-0.4, -0.2) is 27.9 Å². The zero-order valence-corrected chi connectivity index (χ0v) is 11.4. The lowest BCUT2D eigenvalue weighted by Gasteiger charge is -2.18. The minimum Gasteiger partial charge on any atom is -0.496 e. The number of benzene rings is 1. The molecule has 104 valence electrons. The molecule has 1 aromatic carbocycles. The Kier molecular flexibility index (Phi) is 4.16. The summed E-state index contributed by atoms with van der Waals surface area (Å²) < 4.78 is 21.4. The molecule has 1 aromatic rings. The number of rotatable bonds is 5. The van der Waals surface area contributed by atoms with Crippen LogP contribution in [0, 0.1) is 0 Å². The summed E-state index contributed by atoms with van der Waals surface area (Å²) in [6, 6.07) is 3.36. The van der Waals surface area contributed by atoms with Gasteiger partial charge in [0.05, 0.1) is 34.0 Å². The largest absolute Gasteiger partial charge is 0.496 e. The lowest BCUT2D eigenvalue weighted by atomic mass is 10.0. The van der Waals surface area contributed by atoms with Gasteiger partial charge >= 0.3 is 0 Å². The summed E-state index contributed by atoms with van der Waals surface area (Å²) in [6.45, 7) is 0.688. The van der Waals surface area contributed by atoms with Crippen LogP contribution < -0.4 is 19.9 Å². The molecule has 1 unspecified atom stereocenters. The first-order valence-corrected chi connectivity index (χ1v) is 6.09. The predicted molar refractivity (Wildman–Crippen MR) is 71.7 cm³/mol. The molecule has 1 aliphatic heterocycles. The first kappa shape index (κ1) is 13.5. The van der Waals surface area contributed by atoms with Crippen molar-refractivity contribution in [3.05, 3.63) is 29.5 Å². The normalized spacial score (nSPS) is 15.5. The summed E-state index contributed by atoms with van der Waals surface area (Å²) in [6.07, 6.45) is 2.90. The van der Waals surface area contributed by atoms with Crippen molar-refractivity contribution in [2.24, 2.45) is 5.73 Å². The summed E-state index contributed by atoms with van der Waals surface area (Å²) in [5, 5.41) is 0. The summed E-state index contributed by atoms with van der Waals surface area (Å²) in [5.41, 5.74) is 7.06. The molecule has 0 aromatic heterocycles. The summed E-state index contributed by atoms with van der Waals surface area (Å²) in [7, 11) is 4.73.